The molecular weight excluding hydrogens is 164 g/mol. The first-order valence-corrected chi connectivity index (χ1v) is 5.20. The maximum atomic E-state index is 11.1. The SMILES string of the molecule is O=C1CCCCCCC=CCCO1. The smallest absolute Gasteiger partial charge is 0.305 e. The minimum Gasteiger partial charge on any atom is -0.465 e. The summed E-state index contributed by atoms with van der Waals surface area (Å²) >= 11 is 0. The van der Waals surface area contributed by atoms with Crippen LogP contribution >= 0.6 is 0 Å². The molecule has 0 amide bonds. The van der Waals surface area contributed by atoms with Crippen LogP contribution in [-0.2, 0) is 9.53 Å². The van der Waals surface area contributed by atoms with E-state index in [-0.39, 0.29) is 5.97 Å². The highest BCUT2D eigenvalue weighted by atomic mass is 16.5. The second-order valence-corrected chi connectivity index (χ2v) is 3.43. The van der Waals surface area contributed by atoms with E-state index in [4.69, 9.17) is 4.74 Å². The molecule has 1 aliphatic heterocycles. The minimum absolute atomic E-state index is 0.0334. The van der Waals surface area contributed by atoms with Gasteiger partial charge < -0.3 is 4.74 Å². The summed E-state index contributed by atoms with van der Waals surface area (Å²) in [5.74, 6) is -0.0334. The Morgan fingerprint density at radius 2 is 1.77 bits per heavy atom. The van der Waals surface area contributed by atoms with Gasteiger partial charge in [0.15, 0.2) is 0 Å². The Bertz CT molecular complexity index is 173. The van der Waals surface area contributed by atoms with E-state index in [9.17, 15) is 4.79 Å². The molecule has 0 radical (unpaired) electrons. The molecule has 0 N–H and O–H groups in total. The topological polar surface area (TPSA) is 26.3 Å². The molecule has 2 nitrogen and oxygen atoms in total. The Morgan fingerprint density at radius 3 is 2.69 bits per heavy atom. The van der Waals surface area contributed by atoms with Crippen molar-refractivity contribution in [2.45, 2.75) is 44.9 Å². The maximum Gasteiger partial charge on any atom is 0.305 e. The lowest BCUT2D eigenvalue weighted by Crippen LogP contribution is -2.05. The van der Waals surface area contributed by atoms with Crippen molar-refractivity contribution >= 4 is 5.97 Å². The van der Waals surface area contributed by atoms with Gasteiger partial charge >= 0.3 is 5.97 Å². The number of hydrogen-bond acceptors (Lipinski definition) is 2. The highest BCUT2D eigenvalue weighted by Crippen LogP contribution is 2.08. The van der Waals surface area contributed by atoms with Crippen LogP contribution in [0.4, 0.5) is 0 Å². The van der Waals surface area contributed by atoms with Crippen molar-refractivity contribution in [2.24, 2.45) is 0 Å². The lowest BCUT2D eigenvalue weighted by Gasteiger charge is -2.04. The Hall–Kier alpha value is -0.790. The summed E-state index contributed by atoms with van der Waals surface area (Å²) in [4.78, 5) is 11.1. The van der Waals surface area contributed by atoms with Crippen LogP contribution in [0.25, 0.3) is 0 Å². The molecule has 1 heterocycles. The third-order valence-electron chi connectivity index (χ3n) is 2.22. The van der Waals surface area contributed by atoms with Crippen molar-refractivity contribution < 1.29 is 9.53 Å². The number of hydrogen-bond donors (Lipinski definition) is 0. The third kappa shape index (κ3) is 5.45. The molecule has 0 aromatic carbocycles. The standard InChI is InChI=1S/C11H18O2/c12-11-9-7-5-3-1-2-4-6-8-10-13-11/h4,6H,1-3,5,7-10H2. The summed E-state index contributed by atoms with van der Waals surface area (Å²) in [5, 5.41) is 0. The van der Waals surface area contributed by atoms with Crippen molar-refractivity contribution in [1.82, 2.24) is 0 Å². The molecule has 0 aliphatic carbocycles. The van der Waals surface area contributed by atoms with Gasteiger partial charge in [0.1, 0.15) is 0 Å². The van der Waals surface area contributed by atoms with Crippen LogP contribution < -0.4 is 0 Å². The largest absolute Gasteiger partial charge is 0.465 e. The molecule has 0 spiro atoms. The van der Waals surface area contributed by atoms with Crippen LogP contribution in [0.1, 0.15) is 44.9 Å². The van der Waals surface area contributed by atoms with Gasteiger partial charge in [0.05, 0.1) is 6.61 Å². The van der Waals surface area contributed by atoms with E-state index in [0.29, 0.717) is 13.0 Å². The van der Waals surface area contributed by atoms with Gasteiger partial charge in [-0.1, -0.05) is 25.0 Å². The Labute approximate surface area is 80.0 Å². The molecule has 13 heavy (non-hydrogen) atoms. The normalized spacial score (nSPS) is 21.4. The second kappa shape index (κ2) is 6.70. The summed E-state index contributed by atoms with van der Waals surface area (Å²) in [7, 11) is 0. The van der Waals surface area contributed by atoms with Crippen molar-refractivity contribution in [2.75, 3.05) is 6.61 Å². The van der Waals surface area contributed by atoms with Gasteiger partial charge in [-0.15, -0.1) is 0 Å². The van der Waals surface area contributed by atoms with E-state index in [2.05, 4.69) is 12.2 Å². The van der Waals surface area contributed by atoms with Gasteiger partial charge in [-0.2, -0.15) is 0 Å². The van der Waals surface area contributed by atoms with Crippen molar-refractivity contribution in [3.63, 3.8) is 0 Å². The van der Waals surface area contributed by atoms with Crippen LogP contribution in [0.5, 0.6) is 0 Å². The number of carbonyl (C=O) groups is 1. The fourth-order valence-corrected chi connectivity index (χ4v) is 1.43. The van der Waals surface area contributed by atoms with E-state index in [1.807, 2.05) is 0 Å². The molecule has 0 atom stereocenters. The molecule has 0 aromatic heterocycles. The molecular formula is C11H18O2. The first-order valence-electron chi connectivity index (χ1n) is 5.20. The number of rotatable bonds is 0. The summed E-state index contributed by atoms with van der Waals surface area (Å²) in [6.07, 6.45) is 11.6. The molecule has 0 aromatic rings. The Morgan fingerprint density at radius 1 is 1.00 bits per heavy atom. The van der Waals surface area contributed by atoms with Gasteiger partial charge in [-0.05, 0) is 25.7 Å². The number of carbonyl (C=O) groups excluding carboxylic acids is 1. The predicted molar refractivity (Wildman–Crippen MR) is 52.4 cm³/mol. The molecule has 0 saturated carbocycles. The maximum absolute atomic E-state index is 11.1. The number of allylic oxidation sites excluding steroid dienone is 1. The summed E-state index contributed by atoms with van der Waals surface area (Å²) in [6.45, 7) is 0.551. The lowest BCUT2D eigenvalue weighted by atomic mass is 10.1. The molecule has 74 valence electrons. The first-order chi connectivity index (χ1) is 6.39. The monoisotopic (exact) mass is 182 g/mol. The number of esters is 1. The van der Waals surface area contributed by atoms with Crippen LogP contribution in [-0.4, -0.2) is 12.6 Å². The fraction of sp³-hybridized carbons (Fsp3) is 0.727. The van der Waals surface area contributed by atoms with Crippen LogP contribution in [0, 0.1) is 0 Å². The Balaban J connectivity index is 2.24. The zero-order valence-corrected chi connectivity index (χ0v) is 8.13. The summed E-state index contributed by atoms with van der Waals surface area (Å²) < 4.78 is 5.02. The zero-order chi connectivity index (χ0) is 9.36. The average Bonchev–Trinajstić information content (AvgIpc) is 2.11. The minimum atomic E-state index is -0.0334. The number of ether oxygens (including phenoxy) is 1. The van der Waals surface area contributed by atoms with E-state index in [1.54, 1.807) is 0 Å². The second-order valence-electron chi connectivity index (χ2n) is 3.43. The first kappa shape index (κ1) is 10.3. The van der Waals surface area contributed by atoms with E-state index < -0.39 is 0 Å². The van der Waals surface area contributed by atoms with Crippen molar-refractivity contribution in [3.05, 3.63) is 12.2 Å². The van der Waals surface area contributed by atoms with Gasteiger partial charge in [0.25, 0.3) is 0 Å². The lowest BCUT2D eigenvalue weighted by molar-refractivity contribution is -0.143. The zero-order valence-electron chi connectivity index (χ0n) is 8.13. The predicted octanol–water partition coefficient (Wildman–Crippen LogP) is 2.83. The van der Waals surface area contributed by atoms with Gasteiger partial charge in [-0.3, -0.25) is 4.79 Å². The Kier molecular flexibility index (Phi) is 5.30. The summed E-state index contributed by atoms with van der Waals surface area (Å²) in [6, 6.07) is 0. The van der Waals surface area contributed by atoms with E-state index >= 15 is 0 Å². The molecule has 0 saturated heterocycles. The van der Waals surface area contributed by atoms with Crippen molar-refractivity contribution in [1.29, 1.82) is 0 Å². The van der Waals surface area contributed by atoms with E-state index in [1.165, 1.54) is 19.3 Å². The molecule has 1 rings (SSSR count). The molecule has 1 aliphatic rings. The molecule has 0 bridgehead atoms. The van der Waals surface area contributed by atoms with E-state index in [0.717, 1.165) is 19.3 Å². The average molecular weight is 182 g/mol. The van der Waals surface area contributed by atoms with Gasteiger partial charge in [0, 0.05) is 6.42 Å². The van der Waals surface area contributed by atoms with Gasteiger partial charge in [-0.25, -0.2) is 0 Å². The van der Waals surface area contributed by atoms with Crippen LogP contribution in [0.2, 0.25) is 0 Å². The van der Waals surface area contributed by atoms with Crippen LogP contribution in [0.3, 0.4) is 0 Å². The van der Waals surface area contributed by atoms with Gasteiger partial charge in [0.2, 0.25) is 0 Å². The highest BCUT2D eigenvalue weighted by Gasteiger charge is 2.01. The highest BCUT2D eigenvalue weighted by molar-refractivity contribution is 5.69. The fourth-order valence-electron chi connectivity index (χ4n) is 1.43. The molecule has 2 heteroatoms. The third-order valence-corrected chi connectivity index (χ3v) is 2.22. The molecule has 0 unspecified atom stereocenters. The quantitative estimate of drug-likeness (QED) is 0.425. The summed E-state index contributed by atoms with van der Waals surface area (Å²) in [5.41, 5.74) is 0. The molecule has 0 fully saturated rings. The number of cyclic esters (lactones) is 1. The van der Waals surface area contributed by atoms with Crippen LogP contribution in [0.15, 0.2) is 12.2 Å². The van der Waals surface area contributed by atoms with Crippen molar-refractivity contribution in [3.8, 4) is 0 Å².